The number of imide groups is 1. The highest BCUT2D eigenvalue weighted by atomic mass is 16.2. The molecule has 2 heterocycles. The zero-order chi connectivity index (χ0) is 14.0. The minimum Gasteiger partial charge on any atom is -0.370 e. The second-order valence-electron chi connectivity index (χ2n) is 4.92. The zero-order valence-corrected chi connectivity index (χ0v) is 11.5. The summed E-state index contributed by atoms with van der Waals surface area (Å²) in [5, 5.41) is 3.11. The van der Waals surface area contributed by atoms with Crippen LogP contribution in [0.1, 0.15) is 26.3 Å². The van der Waals surface area contributed by atoms with Crippen molar-refractivity contribution in [2.45, 2.75) is 27.3 Å². The van der Waals surface area contributed by atoms with Crippen molar-refractivity contribution in [2.75, 3.05) is 11.9 Å². The fourth-order valence-corrected chi connectivity index (χ4v) is 2.22. The maximum Gasteiger partial charge on any atom is 0.233 e. The average Bonchev–Trinajstić information content (AvgIpc) is 2.58. The molecule has 1 aliphatic heterocycles. The van der Waals surface area contributed by atoms with Gasteiger partial charge < -0.3 is 5.32 Å². The van der Waals surface area contributed by atoms with Crippen molar-refractivity contribution in [3.8, 4) is 0 Å². The first-order valence-corrected chi connectivity index (χ1v) is 6.58. The molecule has 2 amide bonds. The monoisotopic (exact) mass is 261 g/mol. The highest BCUT2D eigenvalue weighted by Crippen LogP contribution is 2.27. The zero-order valence-electron chi connectivity index (χ0n) is 11.5. The number of likely N-dealkylation sites (tertiary alicyclic amines) is 1. The SMILES string of the molecule is CCNc1cc(CN2C(=O)C(C)C(C)C2=O)ccn1. The lowest BCUT2D eigenvalue weighted by Crippen LogP contribution is -2.30. The van der Waals surface area contributed by atoms with E-state index in [-0.39, 0.29) is 23.7 Å². The molecule has 0 spiro atoms. The third-order valence-electron chi connectivity index (χ3n) is 3.58. The van der Waals surface area contributed by atoms with Crippen LogP contribution in [-0.2, 0) is 16.1 Å². The number of nitrogens with zero attached hydrogens (tertiary/aromatic N) is 2. The molecule has 0 aromatic carbocycles. The van der Waals surface area contributed by atoms with E-state index in [0.717, 1.165) is 17.9 Å². The molecule has 2 unspecified atom stereocenters. The smallest absolute Gasteiger partial charge is 0.233 e. The number of carbonyl (C=O) groups is 2. The van der Waals surface area contributed by atoms with Gasteiger partial charge in [-0.3, -0.25) is 14.5 Å². The van der Waals surface area contributed by atoms with E-state index in [4.69, 9.17) is 0 Å². The van der Waals surface area contributed by atoms with Crippen LogP contribution in [0.2, 0.25) is 0 Å². The number of hydrogen-bond donors (Lipinski definition) is 1. The van der Waals surface area contributed by atoms with E-state index in [0.29, 0.717) is 6.54 Å². The topological polar surface area (TPSA) is 62.3 Å². The first-order chi connectivity index (χ1) is 9.04. The van der Waals surface area contributed by atoms with Gasteiger partial charge in [-0.05, 0) is 24.6 Å². The van der Waals surface area contributed by atoms with Crippen molar-refractivity contribution >= 4 is 17.6 Å². The molecule has 1 N–H and O–H groups in total. The highest BCUT2D eigenvalue weighted by Gasteiger charge is 2.41. The maximum atomic E-state index is 12.0. The number of nitrogens with one attached hydrogen (secondary N) is 1. The summed E-state index contributed by atoms with van der Waals surface area (Å²) in [7, 11) is 0. The molecule has 1 aromatic heterocycles. The summed E-state index contributed by atoms with van der Waals surface area (Å²) in [4.78, 5) is 29.5. The molecular formula is C14H19N3O2. The summed E-state index contributed by atoms with van der Waals surface area (Å²) >= 11 is 0. The number of hydrogen-bond acceptors (Lipinski definition) is 4. The standard InChI is InChI=1S/C14H19N3O2/c1-4-15-12-7-11(5-6-16-12)8-17-13(18)9(2)10(3)14(17)19/h5-7,9-10H,4,8H2,1-3H3,(H,15,16). The molecule has 1 aromatic rings. The van der Waals surface area contributed by atoms with Gasteiger partial charge in [0, 0.05) is 24.6 Å². The van der Waals surface area contributed by atoms with Crippen LogP contribution in [0.25, 0.3) is 0 Å². The summed E-state index contributed by atoms with van der Waals surface area (Å²) in [6.07, 6.45) is 1.69. The molecule has 0 saturated carbocycles. The minimum absolute atomic E-state index is 0.0840. The molecule has 0 bridgehead atoms. The van der Waals surface area contributed by atoms with Crippen LogP contribution in [0.15, 0.2) is 18.3 Å². The highest BCUT2D eigenvalue weighted by molar-refractivity contribution is 6.04. The minimum atomic E-state index is -0.220. The van der Waals surface area contributed by atoms with Crippen molar-refractivity contribution in [3.63, 3.8) is 0 Å². The van der Waals surface area contributed by atoms with Gasteiger partial charge in [-0.25, -0.2) is 4.98 Å². The molecule has 1 aliphatic rings. The Hall–Kier alpha value is -1.91. The lowest BCUT2D eigenvalue weighted by atomic mass is 10.00. The second-order valence-corrected chi connectivity index (χ2v) is 4.92. The molecule has 0 radical (unpaired) electrons. The van der Waals surface area contributed by atoms with Crippen LogP contribution >= 0.6 is 0 Å². The van der Waals surface area contributed by atoms with Gasteiger partial charge in [-0.2, -0.15) is 0 Å². The predicted octanol–water partition coefficient (Wildman–Crippen LogP) is 1.65. The molecule has 2 rings (SSSR count). The molecule has 102 valence electrons. The summed E-state index contributed by atoms with van der Waals surface area (Å²) in [5.41, 5.74) is 0.911. The van der Waals surface area contributed by atoms with Crippen molar-refractivity contribution in [2.24, 2.45) is 11.8 Å². The lowest BCUT2D eigenvalue weighted by Gasteiger charge is -2.15. The summed E-state index contributed by atoms with van der Waals surface area (Å²) in [6, 6.07) is 3.70. The van der Waals surface area contributed by atoms with Crippen molar-refractivity contribution < 1.29 is 9.59 Å². The van der Waals surface area contributed by atoms with Gasteiger partial charge in [-0.1, -0.05) is 13.8 Å². The molecule has 5 nitrogen and oxygen atoms in total. The van der Waals surface area contributed by atoms with E-state index in [9.17, 15) is 9.59 Å². The van der Waals surface area contributed by atoms with Gasteiger partial charge in [0.05, 0.1) is 6.54 Å². The fraction of sp³-hybridized carbons (Fsp3) is 0.500. The van der Waals surface area contributed by atoms with Crippen molar-refractivity contribution in [3.05, 3.63) is 23.9 Å². The van der Waals surface area contributed by atoms with Crippen LogP contribution in [0.4, 0.5) is 5.82 Å². The van der Waals surface area contributed by atoms with Gasteiger partial charge in [-0.15, -0.1) is 0 Å². The van der Waals surface area contributed by atoms with Gasteiger partial charge in [0.25, 0.3) is 0 Å². The van der Waals surface area contributed by atoms with Crippen LogP contribution in [-0.4, -0.2) is 28.2 Å². The molecule has 1 saturated heterocycles. The van der Waals surface area contributed by atoms with Gasteiger partial charge >= 0.3 is 0 Å². The summed E-state index contributed by atoms with van der Waals surface area (Å²) in [5.74, 6) is 0.156. The normalized spacial score (nSPS) is 23.0. The number of carbonyl (C=O) groups excluding carboxylic acids is 2. The van der Waals surface area contributed by atoms with Crippen molar-refractivity contribution in [1.29, 1.82) is 0 Å². The van der Waals surface area contributed by atoms with E-state index in [1.807, 2.05) is 32.9 Å². The van der Waals surface area contributed by atoms with E-state index in [1.165, 1.54) is 4.90 Å². The number of amides is 2. The van der Waals surface area contributed by atoms with Gasteiger partial charge in [0.2, 0.25) is 11.8 Å². The Balaban J connectivity index is 2.15. The first-order valence-electron chi connectivity index (χ1n) is 6.58. The Morgan fingerprint density at radius 1 is 1.26 bits per heavy atom. The average molecular weight is 261 g/mol. The van der Waals surface area contributed by atoms with E-state index in [1.54, 1.807) is 6.20 Å². The van der Waals surface area contributed by atoms with Crippen LogP contribution in [0.5, 0.6) is 0 Å². The second kappa shape index (κ2) is 5.38. The van der Waals surface area contributed by atoms with Gasteiger partial charge in [0.15, 0.2) is 0 Å². The first kappa shape index (κ1) is 13.5. The van der Waals surface area contributed by atoms with E-state index >= 15 is 0 Å². The summed E-state index contributed by atoms with van der Waals surface area (Å²) in [6.45, 7) is 6.72. The van der Waals surface area contributed by atoms with Crippen LogP contribution in [0.3, 0.4) is 0 Å². The molecular weight excluding hydrogens is 242 g/mol. The molecule has 19 heavy (non-hydrogen) atoms. The largest absolute Gasteiger partial charge is 0.370 e. The van der Waals surface area contributed by atoms with Gasteiger partial charge in [0.1, 0.15) is 5.82 Å². The molecule has 0 aliphatic carbocycles. The maximum absolute atomic E-state index is 12.0. The van der Waals surface area contributed by atoms with Crippen LogP contribution < -0.4 is 5.32 Å². The Morgan fingerprint density at radius 2 is 1.89 bits per heavy atom. The Kier molecular flexibility index (Phi) is 3.83. The number of aromatic nitrogens is 1. The molecule has 5 heteroatoms. The van der Waals surface area contributed by atoms with E-state index in [2.05, 4.69) is 10.3 Å². The number of anilines is 1. The Bertz CT molecular complexity index is 481. The van der Waals surface area contributed by atoms with Crippen LogP contribution in [0, 0.1) is 11.8 Å². The summed E-state index contributed by atoms with van der Waals surface area (Å²) < 4.78 is 0. The molecule has 1 fully saturated rings. The molecule has 2 atom stereocenters. The predicted molar refractivity (Wildman–Crippen MR) is 72.3 cm³/mol. The third-order valence-corrected chi connectivity index (χ3v) is 3.58. The fourth-order valence-electron chi connectivity index (χ4n) is 2.22. The van der Waals surface area contributed by atoms with Crippen molar-refractivity contribution in [1.82, 2.24) is 9.88 Å². The Labute approximate surface area is 113 Å². The third kappa shape index (κ3) is 2.59. The quantitative estimate of drug-likeness (QED) is 0.837. The lowest BCUT2D eigenvalue weighted by molar-refractivity contribution is -0.140. The Morgan fingerprint density at radius 3 is 2.47 bits per heavy atom. The van der Waals surface area contributed by atoms with E-state index < -0.39 is 0 Å². The number of rotatable bonds is 4. The number of pyridine rings is 1.